The number of amides is 2. The Hall–Kier alpha value is -2.14. The van der Waals surface area contributed by atoms with Gasteiger partial charge in [0.1, 0.15) is 0 Å². The van der Waals surface area contributed by atoms with E-state index in [4.69, 9.17) is 0 Å². The van der Waals surface area contributed by atoms with E-state index in [1.807, 2.05) is 23.1 Å². The average Bonchev–Trinajstić information content (AvgIpc) is 3.06. The molecule has 1 aromatic carbocycles. The number of carbonyl (C=O) groups excluding carboxylic acids is 2. The molecule has 4 rings (SSSR count). The summed E-state index contributed by atoms with van der Waals surface area (Å²) in [5, 5.41) is 5.07. The van der Waals surface area contributed by atoms with Gasteiger partial charge in [-0.3, -0.25) is 9.59 Å². The van der Waals surface area contributed by atoms with E-state index in [1.54, 1.807) is 11.3 Å². The summed E-state index contributed by atoms with van der Waals surface area (Å²) in [5.41, 5.74) is 2.37. The second-order valence-electron chi connectivity index (χ2n) is 7.24. The topological polar surface area (TPSA) is 49.4 Å². The average molecular weight is 369 g/mol. The molecule has 1 aliphatic heterocycles. The first-order valence-electron chi connectivity index (χ1n) is 9.40. The number of carbonyl (C=O) groups is 2. The van der Waals surface area contributed by atoms with E-state index in [-0.39, 0.29) is 23.7 Å². The van der Waals surface area contributed by atoms with Crippen molar-refractivity contribution >= 4 is 23.2 Å². The molecule has 26 heavy (non-hydrogen) atoms. The fourth-order valence-corrected chi connectivity index (χ4v) is 4.59. The largest absolute Gasteiger partial charge is 0.354 e. The van der Waals surface area contributed by atoms with Gasteiger partial charge in [0.2, 0.25) is 11.8 Å². The molecule has 2 fully saturated rings. The minimum absolute atomic E-state index is 0.0647. The van der Waals surface area contributed by atoms with Crippen molar-refractivity contribution in [3.63, 3.8) is 0 Å². The van der Waals surface area contributed by atoms with Gasteiger partial charge < -0.3 is 10.2 Å². The third-order valence-corrected chi connectivity index (χ3v) is 6.43. The molecule has 0 radical (unpaired) electrons. The highest BCUT2D eigenvalue weighted by Crippen LogP contribution is 2.31. The predicted molar refractivity (Wildman–Crippen MR) is 104 cm³/mol. The summed E-state index contributed by atoms with van der Waals surface area (Å²) in [5.74, 6) is 0.295. The lowest BCUT2D eigenvalue weighted by molar-refractivity contribution is -0.138. The van der Waals surface area contributed by atoms with Crippen LogP contribution in [-0.2, 0) is 16.0 Å². The molecule has 5 heteroatoms. The summed E-state index contributed by atoms with van der Waals surface area (Å²) < 4.78 is 0. The van der Waals surface area contributed by atoms with Crippen LogP contribution in [0, 0.1) is 11.8 Å². The van der Waals surface area contributed by atoms with Crippen LogP contribution in [0.3, 0.4) is 0 Å². The second-order valence-corrected chi connectivity index (χ2v) is 8.19. The maximum absolute atomic E-state index is 12.7. The zero-order chi connectivity index (χ0) is 17.9. The Morgan fingerprint density at radius 2 is 2.04 bits per heavy atom. The van der Waals surface area contributed by atoms with Gasteiger partial charge in [-0.15, -0.1) is 11.3 Å². The standard InChI is InChI=1S/C21H24N2O2S/c24-20-17(14-23(11-10-22-20)21(25)15-6-3-7-15)13-16-5-1-2-8-18(16)19-9-4-12-26-19/h1-2,4-5,8-9,12,15,17H,3,6-7,10-11,13-14H2,(H,22,24)/t17-/m0/s1. The van der Waals surface area contributed by atoms with Crippen molar-refractivity contribution in [2.45, 2.75) is 25.7 Å². The Kier molecular flexibility index (Phi) is 5.07. The maximum atomic E-state index is 12.7. The number of benzene rings is 1. The molecular weight excluding hydrogens is 344 g/mol. The van der Waals surface area contributed by atoms with E-state index in [1.165, 1.54) is 16.0 Å². The Labute approximate surface area is 158 Å². The molecule has 0 unspecified atom stereocenters. The van der Waals surface area contributed by atoms with Gasteiger partial charge >= 0.3 is 0 Å². The van der Waals surface area contributed by atoms with Crippen LogP contribution in [0.4, 0.5) is 0 Å². The first kappa shape index (κ1) is 17.3. The van der Waals surface area contributed by atoms with Crippen molar-refractivity contribution in [1.29, 1.82) is 0 Å². The number of hydrogen-bond acceptors (Lipinski definition) is 3. The Morgan fingerprint density at radius 1 is 1.19 bits per heavy atom. The lowest BCUT2D eigenvalue weighted by Crippen LogP contribution is -2.42. The van der Waals surface area contributed by atoms with Crippen molar-refractivity contribution in [2.75, 3.05) is 19.6 Å². The van der Waals surface area contributed by atoms with E-state index >= 15 is 0 Å². The maximum Gasteiger partial charge on any atom is 0.225 e. The smallest absolute Gasteiger partial charge is 0.225 e. The van der Waals surface area contributed by atoms with Gasteiger partial charge in [-0.25, -0.2) is 0 Å². The van der Waals surface area contributed by atoms with E-state index in [0.717, 1.165) is 19.3 Å². The molecule has 136 valence electrons. The lowest BCUT2D eigenvalue weighted by Gasteiger charge is -2.32. The molecule has 2 aromatic rings. The van der Waals surface area contributed by atoms with Crippen molar-refractivity contribution in [2.24, 2.45) is 11.8 Å². The van der Waals surface area contributed by atoms with E-state index in [0.29, 0.717) is 26.1 Å². The number of nitrogens with zero attached hydrogens (tertiary/aromatic N) is 1. The first-order valence-corrected chi connectivity index (χ1v) is 10.3. The summed E-state index contributed by atoms with van der Waals surface area (Å²) in [7, 11) is 0. The molecule has 0 spiro atoms. The van der Waals surface area contributed by atoms with Crippen LogP contribution in [-0.4, -0.2) is 36.3 Å². The zero-order valence-corrected chi connectivity index (χ0v) is 15.6. The van der Waals surface area contributed by atoms with Crippen molar-refractivity contribution < 1.29 is 9.59 Å². The third kappa shape index (κ3) is 3.54. The van der Waals surface area contributed by atoms with Crippen LogP contribution >= 0.6 is 11.3 Å². The summed E-state index contributed by atoms with van der Waals surface area (Å²) in [6.07, 6.45) is 3.82. The van der Waals surface area contributed by atoms with Gasteiger partial charge in [0.05, 0.1) is 5.92 Å². The van der Waals surface area contributed by atoms with Gasteiger partial charge in [0, 0.05) is 30.4 Å². The Morgan fingerprint density at radius 3 is 2.77 bits per heavy atom. The second kappa shape index (κ2) is 7.62. The molecule has 1 N–H and O–H groups in total. The highest BCUT2D eigenvalue weighted by molar-refractivity contribution is 7.13. The molecule has 2 amide bonds. The van der Waals surface area contributed by atoms with Gasteiger partial charge in [-0.1, -0.05) is 36.8 Å². The zero-order valence-electron chi connectivity index (χ0n) is 14.8. The Balaban J connectivity index is 1.54. The summed E-state index contributed by atoms with van der Waals surface area (Å²) in [6, 6.07) is 12.5. The number of thiophene rings is 1. The molecule has 1 saturated heterocycles. The van der Waals surface area contributed by atoms with Crippen LogP contribution in [0.15, 0.2) is 41.8 Å². The molecule has 2 heterocycles. The fraction of sp³-hybridized carbons (Fsp3) is 0.429. The number of rotatable bonds is 4. The van der Waals surface area contributed by atoms with E-state index in [9.17, 15) is 9.59 Å². The number of nitrogens with one attached hydrogen (secondary N) is 1. The highest BCUT2D eigenvalue weighted by atomic mass is 32.1. The van der Waals surface area contributed by atoms with Crippen molar-refractivity contribution in [3.05, 3.63) is 47.3 Å². The molecule has 2 aliphatic rings. The normalized spacial score (nSPS) is 21.0. The minimum Gasteiger partial charge on any atom is -0.354 e. The van der Waals surface area contributed by atoms with Gasteiger partial charge in [-0.05, 0) is 41.8 Å². The molecule has 4 nitrogen and oxygen atoms in total. The highest BCUT2D eigenvalue weighted by Gasteiger charge is 2.33. The third-order valence-electron chi connectivity index (χ3n) is 5.53. The van der Waals surface area contributed by atoms with E-state index in [2.05, 4.69) is 28.9 Å². The van der Waals surface area contributed by atoms with Crippen LogP contribution in [0.1, 0.15) is 24.8 Å². The molecule has 1 aliphatic carbocycles. The van der Waals surface area contributed by atoms with E-state index < -0.39 is 0 Å². The van der Waals surface area contributed by atoms with Gasteiger partial charge in [-0.2, -0.15) is 0 Å². The predicted octanol–water partition coefficient (Wildman–Crippen LogP) is 3.33. The summed E-state index contributed by atoms with van der Waals surface area (Å²) in [4.78, 5) is 28.4. The van der Waals surface area contributed by atoms with Crippen LogP contribution in [0.2, 0.25) is 0 Å². The Bertz CT molecular complexity index is 783. The van der Waals surface area contributed by atoms with Crippen LogP contribution in [0.5, 0.6) is 0 Å². The summed E-state index contributed by atoms with van der Waals surface area (Å²) in [6.45, 7) is 1.71. The SMILES string of the molecule is O=C1NCCN(C(=O)C2CCC2)C[C@@H]1Cc1ccccc1-c1cccs1. The molecular formula is C21H24N2O2S. The van der Waals surface area contributed by atoms with Crippen LogP contribution < -0.4 is 5.32 Å². The summed E-state index contributed by atoms with van der Waals surface area (Å²) >= 11 is 1.71. The monoisotopic (exact) mass is 368 g/mol. The molecule has 1 aromatic heterocycles. The lowest BCUT2D eigenvalue weighted by atomic mass is 9.84. The van der Waals surface area contributed by atoms with Crippen molar-refractivity contribution in [1.82, 2.24) is 10.2 Å². The van der Waals surface area contributed by atoms with Gasteiger partial charge in [0.25, 0.3) is 0 Å². The minimum atomic E-state index is -0.192. The molecule has 1 atom stereocenters. The van der Waals surface area contributed by atoms with Crippen LogP contribution in [0.25, 0.3) is 10.4 Å². The number of hydrogen-bond donors (Lipinski definition) is 1. The molecule has 1 saturated carbocycles. The van der Waals surface area contributed by atoms with Gasteiger partial charge in [0.15, 0.2) is 0 Å². The first-order chi connectivity index (χ1) is 12.7. The van der Waals surface area contributed by atoms with Crippen molar-refractivity contribution in [3.8, 4) is 10.4 Å². The fourth-order valence-electron chi connectivity index (χ4n) is 3.81. The molecule has 0 bridgehead atoms. The quantitative estimate of drug-likeness (QED) is 0.900.